The van der Waals surface area contributed by atoms with E-state index in [9.17, 15) is 4.79 Å². The van der Waals surface area contributed by atoms with Crippen molar-refractivity contribution < 1.29 is 9.53 Å². The summed E-state index contributed by atoms with van der Waals surface area (Å²) in [6.45, 7) is 7.81. The lowest BCUT2D eigenvalue weighted by molar-refractivity contribution is -0.118. The smallest absolute Gasteiger partial charge is 0.227 e. The van der Waals surface area contributed by atoms with Gasteiger partial charge in [-0.25, -0.2) is 4.98 Å². The van der Waals surface area contributed by atoms with Crippen molar-refractivity contribution in [2.75, 3.05) is 77.2 Å². The summed E-state index contributed by atoms with van der Waals surface area (Å²) in [5.41, 5.74) is 1.59. The van der Waals surface area contributed by atoms with E-state index in [0.717, 1.165) is 86.8 Å². The number of piperidine rings is 1. The van der Waals surface area contributed by atoms with E-state index in [1.54, 1.807) is 7.11 Å². The fourth-order valence-corrected chi connectivity index (χ4v) is 4.56. The second-order valence-electron chi connectivity index (χ2n) is 9.52. The maximum Gasteiger partial charge on any atom is 0.227 e. The van der Waals surface area contributed by atoms with Gasteiger partial charge in [0.15, 0.2) is 0 Å². The Bertz CT molecular complexity index is 1100. The highest BCUT2D eigenvalue weighted by Crippen LogP contribution is 2.31. The number of hydrogen-bond acceptors (Lipinski definition) is 8. The highest BCUT2D eigenvalue weighted by molar-refractivity contribution is 5.93. The van der Waals surface area contributed by atoms with Gasteiger partial charge in [-0.1, -0.05) is 11.8 Å². The highest BCUT2D eigenvalue weighted by atomic mass is 16.5. The molecule has 0 atom stereocenters. The molecule has 2 saturated heterocycles. The predicted octanol–water partition coefficient (Wildman–Crippen LogP) is 1.77. The van der Waals surface area contributed by atoms with Crippen LogP contribution >= 0.6 is 0 Å². The normalized spacial score (nSPS) is 18.0. The van der Waals surface area contributed by atoms with E-state index in [-0.39, 0.29) is 12.5 Å². The average Bonchev–Trinajstić information content (AvgIpc) is 3.07. The van der Waals surface area contributed by atoms with Crippen LogP contribution in [0, 0.1) is 11.8 Å². The van der Waals surface area contributed by atoms with Crippen molar-refractivity contribution in [3.8, 4) is 17.6 Å². The molecule has 2 aliphatic heterocycles. The summed E-state index contributed by atoms with van der Waals surface area (Å²) in [6.07, 6.45) is 3.24. The maximum absolute atomic E-state index is 11.2. The van der Waals surface area contributed by atoms with Gasteiger partial charge in [-0.15, -0.1) is 0 Å². The Balaban J connectivity index is 1.72. The fourth-order valence-electron chi connectivity index (χ4n) is 4.56. The number of anilines is 2. The molecule has 9 nitrogen and oxygen atoms in total. The van der Waals surface area contributed by atoms with Gasteiger partial charge in [0.05, 0.1) is 24.7 Å². The van der Waals surface area contributed by atoms with Crippen molar-refractivity contribution in [3.05, 3.63) is 17.7 Å². The van der Waals surface area contributed by atoms with Crippen molar-refractivity contribution in [3.63, 3.8) is 0 Å². The standard InChI is InChI=1S/C26H37N7O2/c1-19(34)27-10-5-7-20-17-23-22(18-24(20)35-4)25(28-21-8-13-32(3)14-9-21)30-26(29-23)33-12-6-11-31(2)15-16-33/h17-18,21H,6,8-16H2,1-4H3,(H,27,34)(H,28,29,30). The topological polar surface area (TPSA) is 85.9 Å². The summed E-state index contributed by atoms with van der Waals surface area (Å²) in [6, 6.07) is 4.33. The minimum Gasteiger partial charge on any atom is -0.495 e. The van der Waals surface area contributed by atoms with E-state index in [4.69, 9.17) is 14.7 Å². The zero-order chi connectivity index (χ0) is 24.8. The van der Waals surface area contributed by atoms with Crippen LogP contribution in [0.1, 0.15) is 31.7 Å². The Labute approximate surface area is 208 Å². The second kappa shape index (κ2) is 11.6. The Kier molecular flexibility index (Phi) is 8.26. The van der Waals surface area contributed by atoms with Gasteiger partial charge in [0.1, 0.15) is 11.6 Å². The molecule has 1 aromatic heterocycles. The lowest BCUT2D eigenvalue weighted by Gasteiger charge is -2.30. The van der Waals surface area contributed by atoms with Crippen LogP contribution in [0.25, 0.3) is 10.9 Å². The Morgan fingerprint density at radius 3 is 2.60 bits per heavy atom. The van der Waals surface area contributed by atoms with E-state index >= 15 is 0 Å². The van der Waals surface area contributed by atoms with E-state index in [1.807, 2.05) is 12.1 Å². The van der Waals surface area contributed by atoms with Gasteiger partial charge in [-0.2, -0.15) is 4.98 Å². The van der Waals surface area contributed by atoms with E-state index < -0.39 is 0 Å². The van der Waals surface area contributed by atoms with Crippen LogP contribution in [-0.4, -0.2) is 98.7 Å². The molecule has 2 N–H and O–H groups in total. The molecule has 0 radical (unpaired) electrons. The lowest BCUT2D eigenvalue weighted by atomic mass is 10.0. The summed E-state index contributed by atoms with van der Waals surface area (Å²) in [5.74, 6) is 8.32. The zero-order valence-corrected chi connectivity index (χ0v) is 21.4. The molecule has 1 aromatic carbocycles. The van der Waals surface area contributed by atoms with Crippen LogP contribution in [-0.2, 0) is 4.79 Å². The molecular weight excluding hydrogens is 442 g/mol. The van der Waals surface area contributed by atoms with Gasteiger partial charge >= 0.3 is 0 Å². The summed E-state index contributed by atoms with van der Waals surface area (Å²) < 4.78 is 5.67. The molecule has 2 fully saturated rings. The first kappa shape index (κ1) is 25.0. The molecule has 0 saturated carbocycles. The van der Waals surface area contributed by atoms with Gasteiger partial charge in [0.25, 0.3) is 0 Å². The second-order valence-corrected chi connectivity index (χ2v) is 9.52. The van der Waals surface area contributed by atoms with Crippen LogP contribution < -0.4 is 20.3 Å². The largest absolute Gasteiger partial charge is 0.495 e. The third-order valence-corrected chi connectivity index (χ3v) is 6.72. The van der Waals surface area contributed by atoms with Crippen LogP contribution in [0.3, 0.4) is 0 Å². The molecule has 1 amide bonds. The van der Waals surface area contributed by atoms with Crippen LogP contribution in [0.2, 0.25) is 0 Å². The third kappa shape index (κ3) is 6.53. The maximum atomic E-state index is 11.2. The highest BCUT2D eigenvalue weighted by Gasteiger charge is 2.22. The number of methoxy groups -OCH3 is 1. The number of ether oxygens (including phenoxy) is 1. The van der Waals surface area contributed by atoms with Crippen LogP contribution in [0.15, 0.2) is 12.1 Å². The third-order valence-electron chi connectivity index (χ3n) is 6.72. The van der Waals surface area contributed by atoms with Crippen LogP contribution in [0.5, 0.6) is 5.75 Å². The average molecular weight is 480 g/mol. The first-order valence-corrected chi connectivity index (χ1v) is 12.4. The van der Waals surface area contributed by atoms with Gasteiger partial charge < -0.3 is 30.1 Å². The van der Waals surface area contributed by atoms with Gasteiger partial charge in [0, 0.05) is 38.0 Å². The van der Waals surface area contributed by atoms with Gasteiger partial charge in [-0.05, 0) is 65.1 Å². The zero-order valence-electron chi connectivity index (χ0n) is 21.4. The number of carbonyl (C=O) groups is 1. The number of carbonyl (C=O) groups excluding carboxylic acids is 1. The molecule has 3 heterocycles. The van der Waals surface area contributed by atoms with Crippen molar-refractivity contribution >= 4 is 28.6 Å². The molecule has 9 heteroatoms. The lowest BCUT2D eigenvalue weighted by Crippen LogP contribution is -2.37. The van der Waals surface area contributed by atoms with Crippen molar-refractivity contribution in [1.82, 2.24) is 25.1 Å². The quantitative estimate of drug-likeness (QED) is 0.628. The fraction of sp³-hybridized carbons (Fsp3) is 0.577. The number of nitrogens with one attached hydrogen (secondary N) is 2. The van der Waals surface area contributed by atoms with Crippen molar-refractivity contribution in [2.45, 2.75) is 32.2 Å². The number of aromatic nitrogens is 2. The number of amides is 1. The molecule has 0 bridgehead atoms. The number of benzene rings is 1. The minimum absolute atomic E-state index is 0.102. The monoisotopic (exact) mass is 479 g/mol. The van der Waals surface area contributed by atoms with E-state index in [0.29, 0.717) is 11.8 Å². The molecule has 2 aromatic rings. The first-order chi connectivity index (χ1) is 16.9. The summed E-state index contributed by atoms with van der Waals surface area (Å²) in [5, 5.41) is 7.37. The molecule has 2 aliphatic rings. The minimum atomic E-state index is -0.102. The van der Waals surface area contributed by atoms with Crippen molar-refractivity contribution in [2.24, 2.45) is 0 Å². The number of likely N-dealkylation sites (N-methyl/N-ethyl adjacent to an activating group) is 1. The molecular formula is C26H37N7O2. The number of nitrogens with zero attached hydrogens (tertiary/aromatic N) is 5. The Hall–Kier alpha value is -3.09. The van der Waals surface area contributed by atoms with Gasteiger partial charge in [-0.3, -0.25) is 4.79 Å². The number of likely N-dealkylation sites (tertiary alicyclic amines) is 1. The SMILES string of the molecule is COc1cc2c(NC3CCN(C)CC3)nc(N3CCCN(C)CC3)nc2cc1C#CCNC(C)=O. The predicted molar refractivity (Wildman–Crippen MR) is 140 cm³/mol. The number of rotatable bonds is 5. The van der Waals surface area contributed by atoms with E-state index in [2.05, 4.69) is 51.3 Å². The number of fused-ring (bicyclic) bond motifs is 1. The number of hydrogen-bond donors (Lipinski definition) is 2. The van der Waals surface area contributed by atoms with Crippen LogP contribution in [0.4, 0.5) is 11.8 Å². The van der Waals surface area contributed by atoms with Gasteiger partial charge in [0.2, 0.25) is 11.9 Å². The molecule has 188 valence electrons. The summed E-state index contributed by atoms with van der Waals surface area (Å²) in [7, 11) is 5.98. The van der Waals surface area contributed by atoms with E-state index in [1.165, 1.54) is 6.92 Å². The first-order valence-electron chi connectivity index (χ1n) is 12.4. The Morgan fingerprint density at radius 2 is 1.86 bits per heavy atom. The molecule has 0 unspecified atom stereocenters. The summed E-state index contributed by atoms with van der Waals surface area (Å²) >= 11 is 0. The molecule has 35 heavy (non-hydrogen) atoms. The molecule has 0 spiro atoms. The molecule has 4 rings (SSSR count). The summed E-state index contributed by atoms with van der Waals surface area (Å²) in [4.78, 5) is 28.2. The molecule has 0 aliphatic carbocycles. The Morgan fingerprint density at radius 1 is 1.09 bits per heavy atom. The van der Waals surface area contributed by atoms with Crippen molar-refractivity contribution in [1.29, 1.82) is 0 Å².